The Bertz CT molecular complexity index is 254. The fraction of sp³-hybridized carbons (Fsp3) is 1.00. The van der Waals surface area contributed by atoms with Gasteiger partial charge >= 0.3 is 0 Å². The SMILES string of the molecule is CCOP(=S)(OCC)S[Si](C)(C)C(C)(C)C. The summed E-state index contributed by atoms with van der Waals surface area (Å²) in [5.41, 5.74) is -2.13. The molecule has 0 bridgehead atoms. The monoisotopic (exact) mass is 300 g/mol. The molecule has 98 valence electrons. The second-order valence-corrected chi connectivity index (χ2v) is 20.1. The lowest BCUT2D eigenvalue weighted by Crippen LogP contribution is -2.33. The van der Waals surface area contributed by atoms with Crippen molar-refractivity contribution in [1.29, 1.82) is 0 Å². The van der Waals surface area contributed by atoms with E-state index in [0.29, 0.717) is 18.3 Å². The van der Waals surface area contributed by atoms with E-state index in [0.717, 1.165) is 0 Å². The Hall–Kier alpha value is 1.14. The molecule has 0 heterocycles. The van der Waals surface area contributed by atoms with Crippen LogP contribution in [0.5, 0.6) is 0 Å². The van der Waals surface area contributed by atoms with Crippen molar-refractivity contribution in [3.05, 3.63) is 0 Å². The largest absolute Gasteiger partial charge is 0.322 e. The molecule has 0 aromatic heterocycles. The fourth-order valence-electron chi connectivity index (χ4n) is 0.823. The molecular formula is C10H25O2PS2Si. The number of hydrogen-bond acceptors (Lipinski definition) is 4. The van der Waals surface area contributed by atoms with Crippen LogP contribution in [0, 0.1) is 0 Å². The first kappa shape index (κ1) is 17.1. The minimum Gasteiger partial charge on any atom is -0.322 e. The highest BCUT2D eigenvalue weighted by molar-refractivity contribution is 8.79. The molecule has 0 saturated carbocycles. The minimum atomic E-state index is -2.13. The molecule has 6 heteroatoms. The van der Waals surface area contributed by atoms with E-state index in [-0.39, 0.29) is 0 Å². The van der Waals surface area contributed by atoms with E-state index < -0.39 is 12.9 Å². The minimum absolute atomic E-state index is 0.302. The van der Waals surface area contributed by atoms with Crippen LogP contribution in [0.15, 0.2) is 0 Å². The Labute approximate surface area is 110 Å². The third-order valence-electron chi connectivity index (χ3n) is 2.72. The van der Waals surface area contributed by atoms with Crippen LogP contribution in [-0.4, -0.2) is 20.4 Å². The van der Waals surface area contributed by atoms with Crippen molar-refractivity contribution >= 4 is 35.6 Å². The van der Waals surface area contributed by atoms with Crippen LogP contribution in [0.3, 0.4) is 0 Å². The van der Waals surface area contributed by atoms with E-state index in [1.54, 1.807) is 0 Å². The number of rotatable bonds is 6. The van der Waals surface area contributed by atoms with E-state index in [4.69, 9.17) is 20.9 Å². The van der Waals surface area contributed by atoms with Gasteiger partial charge in [-0.05, 0) is 30.7 Å². The molecule has 0 aliphatic rings. The summed E-state index contributed by atoms with van der Waals surface area (Å²) in [4.78, 5) is 0. The Morgan fingerprint density at radius 2 is 1.50 bits per heavy atom. The van der Waals surface area contributed by atoms with E-state index in [2.05, 4.69) is 33.9 Å². The van der Waals surface area contributed by atoms with Crippen LogP contribution < -0.4 is 0 Å². The molecule has 0 unspecified atom stereocenters. The molecule has 2 nitrogen and oxygen atoms in total. The van der Waals surface area contributed by atoms with Crippen molar-refractivity contribution in [2.24, 2.45) is 0 Å². The molecule has 0 saturated heterocycles. The highest BCUT2D eigenvalue weighted by atomic mass is 33.0. The summed E-state index contributed by atoms with van der Waals surface area (Å²) in [6.45, 7) is 16.8. The molecule has 0 aliphatic heterocycles. The van der Waals surface area contributed by atoms with Crippen molar-refractivity contribution < 1.29 is 9.05 Å². The average molecular weight is 301 g/mol. The number of hydrogen-bond donors (Lipinski definition) is 0. The average Bonchev–Trinajstić information content (AvgIpc) is 2.00. The third-order valence-corrected chi connectivity index (χ3v) is 21.4. The highest BCUT2D eigenvalue weighted by Crippen LogP contribution is 2.67. The highest BCUT2D eigenvalue weighted by Gasteiger charge is 2.41. The predicted molar refractivity (Wildman–Crippen MR) is 82.3 cm³/mol. The van der Waals surface area contributed by atoms with Gasteiger partial charge in [-0.15, -0.1) is 0 Å². The lowest BCUT2D eigenvalue weighted by atomic mass is 10.2. The molecule has 0 N–H and O–H groups in total. The molecule has 0 aromatic carbocycles. The van der Waals surface area contributed by atoms with E-state index in [1.165, 1.54) is 0 Å². The molecule has 0 atom stereocenters. The Morgan fingerprint density at radius 3 is 1.75 bits per heavy atom. The van der Waals surface area contributed by atoms with Crippen LogP contribution in [0.25, 0.3) is 0 Å². The van der Waals surface area contributed by atoms with Crippen molar-refractivity contribution in [3.8, 4) is 0 Å². The predicted octanol–water partition coefficient (Wildman–Crippen LogP) is 5.02. The molecule has 0 radical (unpaired) electrons. The summed E-state index contributed by atoms with van der Waals surface area (Å²) < 4.78 is 11.4. The molecule has 0 rings (SSSR count). The zero-order chi connectivity index (χ0) is 13.0. The summed E-state index contributed by atoms with van der Waals surface area (Å²) in [6, 6.07) is 0. The maximum Gasteiger partial charge on any atom is 0.241 e. The quantitative estimate of drug-likeness (QED) is 0.506. The standard InChI is InChI=1S/C10H25O2PS2Si/c1-8-11-13(14,12-9-2)15-16(6,7)10(3,4)5/h8-9H2,1-7H3. The molecule has 0 aromatic rings. The fourth-order valence-corrected chi connectivity index (χ4v) is 20.0. The molecular weight excluding hydrogens is 275 g/mol. The summed E-state index contributed by atoms with van der Waals surface area (Å²) >= 11 is 5.58. The van der Waals surface area contributed by atoms with Gasteiger partial charge in [0.2, 0.25) is 5.69 Å². The van der Waals surface area contributed by atoms with Crippen molar-refractivity contribution in [2.75, 3.05) is 13.2 Å². The van der Waals surface area contributed by atoms with Crippen molar-refractivity contribution in [3.63, 3.8) is 0 Å². The molecule has 16 heavy (non-hydrogen) atoms. The molecule has 0 spiro atoms. The van der Waals surface area contributed by atoms with Crippen molar-refractivity contribution in [1.82, 2.24) is 0 Å². The lowest BCUT2D eigenvalue weighted by Gasteiger charge is -2.38. The second-order valence-electron chi connectivity index (χ2n) is 5.13. The maximum absolute atomic E-state index is 5.70. The smallest absolute Gasteiger partial charge is 0.241 e. The van der Waals surface area contributed by atoms with E-state index in [9.17, 15) is 0 Å². The van der Waals surface area contributed by atoms with Crippen LogP contribution in [0.4, 0.5) is 0 Å². The summed E-state index contributed by atoms with van der Waals surface area (Å²) in [6.07, 6.45) is 0. The molecule has 0 fully saturated rings. The Balaban J connectivity index is 4.82. The van der Waals surface area contributed by atoms with Gasteiger partial charge in [-0.25, -0.2) is 0 Å². The zero-order valence-corrected chi connectivity index (χ0v) is 15.0. The lowest BCUT2D eigenvalue weighted by molar-refractivity contribution is 0.281. The Morgan fingerprint density at radius 1 is 1.12 bits per heavy atom. The van der Waals surface area contributed by atoms with Gasteiger partial charge < -0.3 is 9.05 Å². The van der Waals surface area contributed by atoms with Gasteiger partial charge in [0, 0.05) is 0 Å². The summed E-state index contributed by atoms with van der Waals surface area (Å²) in [5.74, 6) is 0. The van der Waals surface area contributed by atoms with Gasteiger partial charge in [-0.2, -0.15) is 0 Å². The van der Waals surface area contributed by atoms with Crippen LogP contribution in [-0.2, 0) is 20.9 Å². The van der Waals surface area contributed by atoms with Crippen LogP contribution >= 0.6 is 16.5 Å². The first-order valence-electron chi connectivity index (χ1n) is 5.68. The maximum atomic E-state index is 5.70. The van der Waals surface area contributed by atoms with Gasteiger partial charge in [-0.3, -0.25) is 0 Å². The van der Waals surface area contributed by atoms with E-state index in [1.807, 2.05) is 24.7 Å². The van der Waals surface area contributed by atoms with Gasteiger partial charge in [-0.1, -0.05) is 44.7 Å². The van der Waals surface area contributed by atoms with Gasteiger partial charge in [0.15, 0.2) is 0 Å². The normalized spacial score (nSPS) is 14.2. The van der Waals surface area contributed by atoms with Gasteiger partial charge in [0.25, 0.3) is 0 Å². The van der Waals surface area contributed by atoms with Crippen LogP contribution in [0.1, 0.15) is 34.6 Å². The molecule has 0 aliphatic carbocycles. The van der Waals surface area contributed by atoms with Crippen molar-refractivity contribution in [2.45, 2.75) is 52.8 Å². The zero-order valence-electron chi connectivity index (χ0n) is 11.5. The van der Waals surface area contributed by atoms with Gasteiger partial charge in [0.05, 0.1) is 13.2 Å². The van der Waals surface area contributed by atoms with Crippen LogP contribution in [0.2, 0.25) is 18.1 Å². The third kappa shape index (κ3) is 5.19. The van der Waals surface area contributed by atoms with Gasteiger partial charge in [0.1, 0.15) is 7.22 Å². The first-order chi connectivity index (χ1) is 7.08. The second kappa shape index (κ2) is 6.35. The Kier molecular flexibility index (Phi) is 6.80. The molecule has 0 amide bonds. The van der Waals surface area contributed by atoms with E-state index >= 15 is 0 Å². The topological polar surface area (TPSA) is 18.5 Å². The first-order valence-corrected chi connectivity index (χ1v) is 13.5. The summed E-state index contributed by atoms with van der Waals surface area (Å²) in [5, 5.41) is 0.302. The summed E-state index contributed by atoms with van der Waals surface area (Å²) in [7, 11) is 0.323.